The molecule has 0 radical (unpaired) electrons. The number of aliphatic carboxylic acids is 1. The summed E-state index contributed by atoms with van der Waals surface area (Å²) in [5.41, 5.74) is -0.271. The number of aliphatic hydroxyl groups excluding tert-OH is 2. The molecule has 0 aliphatic carbocycles. The number of hydrogen-bond acceptors (Lipinski definition) is 8. The van der Waals surface area contributed by atoms with Crippen LogP contribution in [0.5, 0.6) is 0 Å². The van der Waals surface area contributed by atoms with Crippen LogP contribution in [0.2, 0.25) is 0 Å². The highest BCUT2D eigenvalue weighted by molar-refractivity contribution is 14.0. The highest BCUT2D eigenvalue weighted by Crippen LogP contribution is 2.13. The van der Waals surface area contributed by atoms with E-state index in [-0.39, 0.29) is 56.8 Å². The molecule has 0 aliphatic heterocycles. The van der Waals surface area contributed by atoms with Gasteiger partial charge in [-0.3, -0.25) is 19.2 Å². The molecule has 11 heteroatoms. The predicted molar refractivity (Wildman–Crippen MR) is 150 cm³/mol. The first kappa shape index (κ1) is 39.3. The maximum atomic E-state index is 12.0. The summed E-state index contributed by atoms with van der Waals surface area (Å²) in [6, 6.07) is 9.44. The van der Waals surface area contributed by atoms with E-state index in [1.165, 1.54) is 0 Å². The average Bonchev–Trinajstić information content (AvgIpc) is 2.72. The van der Waals surface area contributed by atoms with Gasteiger partial charge in [0.25, 0.3) is 0 Å². The minimum absolute atomic E-state index is 0. The van der Waals surface area contributed by atoms with Crippen LogP contribution in [-0.2, 0) is 35.2 Å². The zero-order valence-electron chi connectivity index (χ0n) is 21.8. The lowest BCUT2D eigenvalue weighted by Gasteiger charge is -2.21. The number of carbonyl (C=O) groups is 4. The fourth-order valence-electron chi connectivity index (χ4n) is 2.57. The van der Waals surface area contributed by atoms with Gasteiger partial charge in [0.2, 0.25) is 5.91 Å². The molecule has 0 spiro atoms. The highest BCUT2D eigenvalue weighted by atomic mass is 127. The molecular weight excluding hydrogens is 597 g/mol. The summed E-state index contributed by atoms with van der Waals surface area (Å²) in [4.78, 5) is 45.3. The molecule has 10 nitrogen and oxygen atoms in total. The molecule has 0 unspecified atom stereocenters. The Morgan fingerprint density at radius 1 is 0.811 bits per heavy atom. The third kappa shape index (κ3) is 20.5. The zero-order chi connectivity index (χ0) is 27.2. The number of esters is 2. The normalized spacial score (nSPS) is 12.2. The van der Waals surface area contributed by atoms with Crippen LogP contribution in [-0.4, -0.2) is 63.6 Å². The standard InChI is InChI=1S/C16H23NO4.C9H16O5.CH4.HI/c1-16(2,3)21-14(19)9-13(11-18)15(20)17-10-12-7-5-4-6-8-12;1-9(2,3)14-7(11)4-6(5-10)8(12)13;;/h4-8,13,18H,9-11H2,1-3H3,(H,17,20);6,10H,4-5H2,1-3H3,(H,12,13);1H4;1H/t13-;6-;;/m11../s1. The maximum Gasteiger partial charge on any atom is 0.309 e. The van der Waals surface area contributed by atoms with Crippen molar-refractivity contribution in [1.82, 2.24) is 5.32 Å². The van der Waals surface area contributed by atoms with E-state index in [9.17, 15) is 24.3 Å². The van der Waals surface area contributed by atoms with Crippen molar-refractivity contribution in [1.29, 1.82) is 0 Å². The summed E-state index contributed by atoms with van der Waals surface area (Å²) in [5, 5.41) is 29.2. The number of ether oxygens (including phenoxy) is 2. The van der Waals surface area contributed by atoms with E-state index in [0.29, 0.717) is 6.54 Å². The van der Waals surface area contributed by atoms with Crippen molar-refractivity contribution in [3.63, 3.8) is 0 Å². The second-order valence-electron chi connectivity index (χ2n) is 9.88. The number of hydrogen-bond donors (Lipinski definition) is 4. The van der Waals surface area contributed by atoms with Crippen LogP contribution in [0, 0.1) is 11.8 Å². The van der Waals surface area contributed by atoms with Gasteiger partial charge in [-0.05, 0) is 47.1 Å². The van der Waals surface area contributed by atoms with E-state index in [1.54, 1.807) is 41.5 Å². The van der Waals surface area contributed by atoms with Crippen molar-refractivity contribution < 1.29 is 44.0 Å². The number of aliphatic hydroxyl groups is 2. The van der Waals surface area contributed by atoms with E-state index in [0.717, 1.165) is 5.56 Å². The first-order valence-corrected chi connectivity index (χ1v) is 11.3. The SMILES string of the molecule is C.CC(C)(C)OC(=O)C[C@H](CO)C(=O)NCc1ccccc1.CC(C)(C)OC(=O)C[C@H](CO)C(=O)O.I. The highest BCUT2D eigenvalue weighted by Gasteiger charge is 2.25. The molecule has 0 saturated carbocycles. The van der Waals surface area contributed by atoms with Crippen LogP contribution in [0.1, 0.15) is 67.4 Å². The summed E-state index contributed by atoms with van der Waals surface area (Å²) in [7, 11) is 0. The van der Waals surface area contributed by atoms with Crippen molar-refractivity contribution in [3.05, 3.63) is 35.9 Å². The molecule has 0 heterocycles. The zero-order valence-corrected chi connectivity index (χ0v) is 24.1. The van der Waals surface area contributed by atoms with Gasteiger partial charge in [0.15, 0.2) is 0 Å². The van der Waals surface area contributed by atoms with Crippen molar-refractivity contribution in [2.45, 2.75) is 79.6 Å². The van der Waals surface area contributed by atoms with Crippen LogP contribution in [0.4, 0.5) is 0 Å². The van der Waals surface area contributed by atoms with Crippen LogP contribution >= 0.6 is 24.0 Å². The topological polar surface area (TPSA) is 159 Å². The maximum absolute atomic E-state index is 12.0. The number of nitrogens with one attached hydrogen (secondary N) is 1. The molecule has 1 rings (SSSR count). The monoisotopic (exact) mass is 641 g/mol. The first-order valence-electron chi connectivity index (χ1n) is 11.3. The number of carboxylic acids is 1. The second kappa shape index (κ2) is 18.9. The molecule has 1 amide bonds. The molecule has 37 heavy (non-hydrogen) atoms. The van der Waals surface area contributed by atoms with Gasteiger partial charge >= 0.3 is 17.9 Å². The van der Waals surface area contributed by atoms with Crippen LogP contribution in [0.15, 0.2) is 30.3 Å². The number of benzene rings is 1. The largest absolute Gasteiger partial charge is 0.481 e. The molecule has 0 bridgehead atoms. The van der Waals surface area contributed by atoms with Gasteiger partial charge in [0.1, 0.15) is 11.2 Å². The minimum atomic E-state index is -1.20. The third-order valence-electron chi connectivity index (χ3n) is 4.14. The minimum Gasteiger partial charge on any atom is -0.481 e. The van der Waals surface area contributed by atoms with Crippen molar-refractivity contribution in [2.24, 2.45) is 11.8 Å². The smallest absolute Gasteiger partial charge is 0.309 e. The molecule has 0 aliphatic rings. The number of rotatable bonds is 10. The van der Waals surface area contributed by atoms with Gasteiger partial charge in [-0.15, -0.1) is 24.0 Å². The number of amides is 1. The Bertz CT molecular complexity index is 818. The molecule has 0 aromatic heterocycles. The Hall–Kier alpha value is -2.25. The Labute approximate surface area is 237 Å². The van der Waals surface area contributed by atoms with Gasteiger partial charge in [0, 0.05) is 6.54 Å². The number of carbonyl (C=O) groups excluding carboxylic acids is 3. The average molecular weight is 642 g/mol. The van der Waals surface area contributed by atoms with E-state index in [2.05, 4.69) is 5.32 Å². The lowest BCUT2D eigenvalue weighted by Crippen LogP contribution is -2.35. The lowest BCUT2D eigenvalue weighted by atomic mass is 10.1. The summed E-state index contributed by atoms with van der Waals surface area (Å²) in [6.07, 6.45) is -0.433. The lowest BCUT2D eigenvalue weighted by molar-refractivity contribution is -0.160. The fourth-order valence-corrected chi connectivity index (χ4v) is 2.57. The molecule has 214 valence electrons. The molecular formula is C26H44INO9. The van der Waals surface area contributed by atoms with E-state index >= 15 is 0 Å². The number of halogens is 1. The van der Waals surface area contributed by atoms with Gasteiger partial charge in [-0.25, -0.2) is 0 Å². The Balaban J connectivity index is -0.000000638. The first-order chi connectivity index (χ1) is 16.1. The van der Waals surface area contributed by atoms with Crippen molar-refractivity contribution in [2.75, 3.05) is 13.2 Å². The summed E-state index contributed by atoms with van der Waals surface area (Å²) >= 11 is 0. The molecule has 1 aromatic carbocycles. The van der Waals surface area contributed by atoms with Crippen LogP contribution in [0.3, 0.4) is 0 Å². The fraction of sp³-hybridized carbons (Fsp3) is 0.615. The quantitative estimate of drug-likeness (QED) is 0.222. The second-order valence-corrected chi connectivity index (χ2v) is 9.88. The van der Waals surface area contributed by atoms with Crippen molar-refractivity contribution in [3.8, 4) is 0 Å². The van der Waals surface area contributed by atoms with Gasteiger partial charge in [-0.1, -0.05) is 37.8 Å². The van der Waals surface area contributed by atoms with E-state index < -0.39 is 47.6 Å². The summed E-state index contributed by atoms with van der Waals surface area (Å²) in [5.74, 6) is -4.52. The van der Waals surface area contributed by atoms with Crippen LogP contribution in [0.25, 0.3) is 0 Å². The predicted octanol–water partition coefficient (Wildman–Crippen LogP) is 3.31. The van der Waals surface area contributed by atoms with Crippen LogP contribution < -0.4 is 5.32 Å². The molecule has 0 fully saturated rings. The Morgan fingerprint density at radius 3 is 1.57 bits per heavy atom. The third-order valence-corrected chi connectivity index (χ3v) is 4.14. The summed E-state index contributed by atoms with van der Waals surface area (Å²) in [6.45, 7) is 9.77. The van der Waals surface area contributed by atoms with Gasteiger partial charge in [-0.2, -0.15) is 0 Å². The Morgan fingerprint density at radius 2 is 1.22 bits per heavy atom. The summed E-state index contributed by atoms with van der Waals surface area (Å²) < 4.78 is 10.1. The van der Waals surface area contributed by atoms with Crippen molar-refractivity contribution >= 4 is 47.8 Å². The molecule has 4 N–H and O–H groups in total. The molecule has 0 saturated heterocycles. The van der Waals surface area contributed by atoms with Gasteiger partial charge < -0.3 is 30.1 Å². The molecule has 2 atom stereocenters. The van der Waals surface area contributed by atoms with Gasteiger partial charge in [0.05, 0.1) is 37.9 Å². The molecule has 1 aromatic rings. The van der Waals surface area contributed by atoms with E-state index in [4.69, 9.17) is 19.7 Å². The van der Waals surface area contributed by atoms with E-state index in [1.807, 2.05) is 30.3 Å². The number of carboxylic acid groups (broad SMARTS) is 1. The Kier molecular flexibility index (Phi) is 20.1.